The van der Waals surface area contributed by atoms with E-state index in [-0.39, 0.29) is 29.9 Å². The molecule has 1 aromatic rings. The monoisotopic (exact) mass is 475 g/mol. The highest BCUT2D eigenvalue weighted by molar-refractivity contribution is 5.92. The Kier molecular flexibility index (Phi) is 7.58. The van der Waals surface area contributed by atoms with Crippen LogP contribution in [0.1, 0.15) is 42.5 Å². The predicted octanol–water partition coefficient (Wildman–Crippen LogP) is 0.274. The summed E-state index contributed by atoms with van der Waals surface area (Å²) in [4.78, 5) is 12.6. The highest BCUT2D eigenvalue weighted by atomic mass is 127. The first-order chi connectivity index (χ1) is 12.1. The fourth-order valence-electron chi connectivity index (χ4n) is 4.66. The molecule has 0 N–H and O–H groups in total. The van der Waals surface area contributed by atoms with Crippen LogP contribution in [0.2, 0.25) is 0 Å². The van der Waals surface area contributed by atoms with Crippen LogP contribution in [0.15, 0.2) is 18.2 Å². The third-order valence-corrected chi connectivity index (χ3v) is 6.06. The molecule has 26 heavy (non-hydrogen) atoms. The first kappa shape index (κ1) is 21.3. The lowest BCUT2D eigenvalue weighted by Crippen LogP contribution is -3.00. The normalized spacial score (nSPS) is 27.7. The van der Waals surface area contributed by atoms with Gasteiger partial charge in [-0.3, -0.25) is 0 Å². The van der Waals surface area contributed by atoms with E-state index < -0.39 is 0 Å². The Labute approximate surface area is 173 Å². The predicted molar refractivity (Wildman–Crippen MR) is 96.1 cm³/mol. The molecule has 2 saturated heterocycles. The zero-order valence-electron chi connectivity index (χ0n) is 16.0. The fraction of sp³-hybridized carbons (Fsp3) is 0.650. The first-order valence-electron chi connectivity index (χ1n) is 9.31. The lowest BCUT2D eigenvalue weighted by Gasteiger charge is -2.51. The molecule has 2 heterocycles. The maximum atomic E-state index is 12.6. The van der Waals surface area contributed by atoms with Gasteiger partial charge in [-0.1, -0.05) is 0 Å². The molecule has 2 unspecified atom stereocenters. The number of benzene rings is 1. The Morgan fingerprint density at radius 2 is 1.88 bits per heavy atom. The van der Waals surface area contributed by atoms with E-state index in [2.05, 4.69) is 7.05 Å². The van der Waals surface area contributed by atoms with Crippen molar-refractivity contribution in [1.29, 1.82) is 0 Å². The molecule has 2 aliphatic heterocycles. The van der Waals surface area contributed by atoms with E-state index in [4.69, 9.17) is 14.2 Å². The SMILES string of the molecule is COc1ccc(C(=O)OC[C@@H]2CCC[N+]3(C)CCCCC23)c(OC)c1.[I-]. The summed E-state index contributed by atoms with van der Waals surface area (Å²) in [5.74, 6) is 1.31. The van der Waals surface area contributed by atoms with Crippen LogP contribution >= 0.6 is 0 Å². The van der Waals surface area contributed by atoms with Crippen molar-refractivity contribution in [2.45, 2.75) is 38.1 Å². The van der Waals surface area contributed by atoms with E-state index in [9.17, 15) is 4.79 Å². The average Bonchev–Trinajstić information content (AvgIpc) is 2.64. The van der Waals surface area contributed by atoms with Crippen LogP contribution in [0.3, 0.4) is 0 Å². The minimum atomic E-state index is -0.310. The smallest absolute Gasteiger partial charge is 0.341 e. The van der Waals surface area contributed by atoms with Gasteiger partial charge in [-0.05, 0) is 37.8 Å². The van der Waals surface area contributed by atoms with Gasteiger partial charge in [-0.2, -0.15) is 0 Å². The van der Waals surface area contributed by atoms with Gasteiger partial charge in [0.1, 0.15) is 23.7 Å². The summed E-state index contributed by atoms with van der Waals surface area (Å²) in [7, 11) is 5.53. The topological polar surface area (TPSA) is 44.8 Å². The fourth-order valence-corrected chi connectivity index (χ4v) is 4.66. The van der Waals surface area contributed by atoms with Crippen molar-refractivity contribution in [2.75, 3.05) is 41.0 Å². The first-order valence-corrected chi connectivity index (χ1v) is 9.31. The number of ether oxygens (including phenoxy) is 3. The molecule has 3 rings (SSSR count). The number of halogens is 1. The molecule has 5 nitrogen and oxygen atoms in total. The molecule has 146 valence electrons. The number of carbonyl (C=O) groups excluding carboxylic acids is 1. The molecule has 1 aromatic carbocycles. The standard InChI is InChI=1S/C20H30NO4.HI/c1-21-11-5-4-8-18(21)15(7-6-12-21)14-25-20(22)17-10-9-16(23-2)13-19(17)24-3;/h9-10,13,15,18H,4-8,11-12,14H2,1-3H3;1H/q+1;/p-1/t15-,18?,21?;/m0./s1. The molecular formula is C20H30INO4. The molecule has 0 radical (unpaired) electrons. The van der Waals surface area contributed by atoms with Crippen LogP contribution < -0.4 is 33.5 Å². The maximum absolute atomic E-state index is 12.6. The summed E-state index contributed by atoms with van der Waals surface area (Å²) in [5.41, 5.74) is 0.458. The second-order valence-corrected chi connectivity index (χ2v) is 7.56. The largest absolute Gasteiger partial charge is 1.00 e. The van der Waals surface area contributed by atoms with Crippen molar-refractivity contribution in [3.63, 3.8) is 0 Å². The summed E-state index contributed by atoms with van der Waals surface area (Å²) >= 11 is 0. The van der Waals surface area contributed by atoms with Gasteiger partial charge in [0.25, 0.3) is 0 Å². The Morgan fingerprint density at radius 3 is 2.62 bits per heavy atom. The van der Waals surface area contributed by atoms with Crippen molar-refractivity contribution in [1.82, 2.24) is 0 Å². The molecule has 3 atom stereocenters. The number of esters is 1. The van der Waals surface area contributed by atoms with Gasteiger partial charge < -0.3 is 42.7 Å². The number of nitrogens with zero attached hydrogens (tertiary/aromatic N) is 1. The van der Waals surface area contributed by atoms with Crippen molar-refractivity contribution in [3.05, 3.63) is 23.8 Å². The van der Waals surface area contributed by atoms with Crippen LogP contribution in [0.25, 0.3) is 0 Å². The molecule has 0 aliphatic carbocycles. The Bertz CT molecular complexity index is 620. The Balaban J connectivity index is 0.00000243. The number of quaternary nitrogens is 1. The van der Waals surface area contributed by atoms with E-state index in [1.807, 2.05) is 0 Å². The van der Waals surface area contributed by atoms with E-state index >= 15 is 0 Å². The van der Waals surface area contributed by atoms with Crippen molar-refractivity contribution < 1.29 is 47.5 Å². The number of piperidine rings is 2. The molecule has 0 bridgehead atoms. The van der Waals surface area contributed by atoms with Gasteiger partial charge >= 0.3 is 5.97 Å². The molecule has 0 aromatic heterocycles. The summed E-state index contributed by atoms with van der Waals surface area (Å²) in [6.07, 6.45) is 6.26. The van der Waals surface area contributed by atoms with Gasteiger partial charge in [-0.25, -0.2) is 4.79 Å². The summed E-state index contributed by atoms with van der Waals surface area (Å²) in [6.45, 7) is 3.04. The minimum Gasteiger partial charge on any atom is -1.00 e. The van der Waals surface area contributed by atoms with E-state index in [0.717, 1.165) is 10.9 Å². The number of fused-ring (bicyclic) bond motifs is 1. The zero-order valence-corrected chi connectivity index (χ0v) is 18.2. The lowest BCUT2D eigenvalue weighted by molar-refractivity contribution is -0.947. The molecule has 2 fully saturated rings. The average molecular weight is 475 g/mol. The second-order valence-electron chi connectivity index (χ2n) is 7.56. The molecule has 0 saturated carbocycles. The van der Waals surface area contributed by atoms with Crippen LogP contribution in [0, 0.1) is 5.92 Å². The third-order valence-electron chi connectivity index (χ3n) is 6.06. The number of methoxy groups -OCH3 is 2. The number of hydrogen-bond acceptors (Lipinski definition) is 4. The number of rotatable bonds is 5. The summed E-state index contributed by atoms with van der Waals surface area (Å²) in [6, 6.07) is 5.82. The molecule has 0 amide bonds. The van der Waals surface area contributed by atoms with Crippen LogP contribution in [-0.2, 0) is 4.74 Å². The number of carbonyl (C=O) groups is 1. The van der Waals surface area contributed by atoms with Gasteiger partial charge in [0.15, 0.2) is 0 Å². The quantitative estimate of drug-likeness (QED) is 0.349. The van der Waals surface area contributed by atoms with E-state index in [1.54, 1.807) is 32.4 Å². The summed E-state index contributed by atoms with van der Waals surface area (Å²) < 4.78 is 17.4. The van der Waals surface area contributed by atoms with Crippen molar-refractivity contribution >= 4 is 5.97 Å². The Hall–Kier alpha value is -1.02. The maximum Gasteiger partial charge on any atom is 0.341 e. The highest BCUT2D eigenvalue weighted by Gasteiger charge is 2.43. The Morgan fingerprint density at radius 1 is 1.12 bits per heavy atom. The van der Waals surface area contributed by atoms with Crippen LogP contribution in [0.4, 0.5) is 0 Å². The lowest BCUT2D eigenvalue weighted by atomic mass is 9.82. The summed E-state index contributed by atoms with van der Waals surface area (Å²) in [5, 5.41) is 0. The molecular weight excluding hydrogens is 445 g/mol. The van der Waals surface area contributed by atoms with Crippen LogP contribution in [-0.4, -0.2) is 57.5 Å². The van der Waals surface area contributed by atoms with Crippen molar-refractivity contribution in [3.8, 4) is 11.5 Å². The van der Waals surface area contributed by atoms with Gasteiger partial charge in [0.05, 0.1) is 40.4 Å². The van der Waals surface area contributed by atoms with Gasteiger partial charge in [0, 0.05) is 18.4 Å². The van der Waals surface area contributed by atoms with Gasteiger partial charge in [-0.15, -0.1) is 0 Å². The minimum absolute atomic E-state index is 0. The van der Waals surface area contributed by atoms with E-state index in [0.29, 0.717) is 35.6 Å². The third kappa shape index (κ3) is 4.44. The molecule has 2 aliphatic rings. The molecule has 0 spiro atoms. The van der Waals surface area contributed by atoms with E-state index in [1.165, 1.54) is 38.8 Å². The second kappa shape index (κ2) is 9.26. The highest BCUT2D eigenvalue weighted by Crippen LogP contribution is 2.36. The van der Waals surface area contributed by atoms with Crippen LogP contribution in [0.5, 0.6) is 11.5 Å². The van der Waals surface area contributed by atoms with Crippen molar-refractivity contribution in [2.24, 2.45) is 5.92 Å². The van der Waals surface area contributed by atoms with Gasteiger partial charge in [0.2, 0.25) is 0 Å². The molecule has 6 heteroatoms. The number of hydrogen-bond donors (Lipinski definition) is 0. The zero-order chi connectivity index (χ0) is 17.9.